The SMILES string of the molecule is CCC1(CC)c2ccccc2-c2ccc(-c3cc(-c4cc(-c5ccc6c(c5)C(CC)(CC)c5ccccc5-6)cc(-c5ccc6c(c5)C(CC)(CC)c5ccccc5-6)c4)cc(-c4ccc5c(c4)C(CC)(CC)c4ccccc4-5)c3)cc21. The molecule has 4 aliphatic rings. The zero-order chi connectivity index (χ0) is 54.7. The average molecular weight is 1040 g/mol. The van der Waals surface area contributed by atoms with Gasteiger partial charge in [0.15, 0.2) is 0 Å². The first-order valence-electron chi connectivity index (χ1n) is 30.5. The van der Waals surface area contributed by atoms with Crippen LogP contribution in [0.3, 0.4) is 0 Å². The third kappa shape index (κ3) is 6.93. The molecule has 4 aliphatic carbocycles. The van der Waals surface area contributed by atoms with E-state index in [1.54, 1.807) is 0 Å². The number of hydrogen-bond donors (Lipinski definition) is 0. The van der Waals surface area contributed by atoms with Gasteiger partial charge in [-0.05, 0) is 257 Å². The fourth-order valence-electron chi connectivity index (χ4n) is 16.8. The van der Waals surface area contributed by atoms with Crippen molar-refractivity contribution in [3.8, 4) is 100 Å². The first-order valence-corrected chi connectivity index (χ1v) is 30.5. The minimum Gasteiger partial charge on any atom is -0.0642 e. The molecule has 0 saturated carbocycles. The quantitative estimate of drug-likeness (QED) is 0.108. The van der Waals surface area contributed by atoms with E-state index in [1.807, 2.05) is 0 Å². The summed E-state index contributed by atoms with van der Waals surface area (Å²) in [5, 5.41) is 0. The molecular weight excluding hydrogens is 961 g/mol. The molecule has 394 valence electrons. The fourth-order valence-corrected chi connectivity index (χ4v) is 16.8. The number of hydrogen-bond acceptors (Lipinski definition) is 0. The number of benzene rings is 10. The molecule has 0 bridgehead atoms. The fraction of sp³-hybridized carbons (Fsp3) is 0.250. The van der Waals surface area contributed by atoms with Gasteiger partial charge >= 0.3 is 0 Å². The first kappa shape index (κ1) is 50.4. The molecule has 0 amide bonds. The summed E-state index contributed by atoms with van der Waals surface area (Å²) in [7, 11) is 0. The molecule has 0 unspecified atom stereocenters. The van der Waals surface area contributed by atoms with Gasteiger partial charge in [0.25, 0.3) is 0 Å². The van der Waals surface area contributed by atoms with Gasteiger partial charge in [-0.3, -0.25) is 0 Å². The first-order chi connectivity index (χ1) is 39.2. The molecular formula is C80H74. The highest BCUT2D eigenvalue weighted by Gasteiger charge is 2.44. The Labute approximate surface area is 476 Å². The van der Waals surface area contributed by atoms with Gasteiger partial charge in [0.2, 0.25) is 0 Å². The van der Waals surface area contributed by atoms with Crippen LogP contribution in [0.2, 0.25) is 0 Å². The van der Waals surface area contributed by atoms with Crippen LogP contribution in [-0.4, -0.2) is 0 Å². The lowest BCUT2D eigenvalue weighted by molar-refractivity contribution is 0.490. The zero-order valence-corrected chi connectivity index (χ0v) is 48.3. The van der Waals surface area contributed by atoms with E-state index in [0.29, 0.717) is 0 Å². The van der Waals surface area contributed by atoms with Crippen LogP contribution in [0.5, 0.6) is 0 Å². The molecule has 0 aromatic heterocycles. The molecule has 0 spiro atoms. The van der Waals surface area contributed by atoms with Crippen molar-refractivity contribution in [2.45, 2.75) is 128 Å². The molecule has 0 saturated heterocycles. The summed E-state index contributed by atoms with van der Waals surface area (Å²) >= 11 is 0. The van der Waals surface area contributed by atoms with Gasteiger partial charge in [0.05, 0.1) is 0 Å². The van der Waals surface area contributed by atoms with Gasteiger partial charge in [0.1, 0.15) is 0 Å². The molecule has 0 radical (unpaired) electrons. The second-order valence-corrected chi connectivity index (χ2v) is 24.0. The van der Waals surface area contributed by atoms with Gasteiger partial charge in [-0.2, -0.15) is 0 Å². The van der Waals surface area contributed by atoms with E-state index in [1.165, 1.54) is 145 Å². The van der Waals surface area contributed by atoms with E-state index in [0.717, 1.165) is 51.4 Å². The topological polar surface area (TPSA) is 0 Å². The van der Waals surface area contributed by atoms with E-state index < -0.39 is 0 Å². The monoisotopic (exact) mass is 1030 g/mol. The molecule has 0 atom stereocenters. The lowest BCUT2D eigenvalue weighted by Crippen LogP contribution is -2.23. The summed E-state index contributed by atoms with van der Waals surface area (Å²) in [6.45, 7) is 19.1. The molecule has 10 aromatic rings. The molecule has 0 aliphatic heterocycles. The van der Waals surface area contributed by atoms with Crippen LogP contribution >= 0.6 is 0 Å². The summed E-state index contributed by atoms with van der Waals surface area (Å²) < 4.78 is 0. The van der Waals surface area contributed by atoms with Crippen molar-refractivity contribution in [1.29, 1.82) is 0 Å². The Balaban J connectivity index is 1.01. The maximum atomic E-state index is 2.57. The zero-order valence-electron chi connectivity index (χ0n) is 48.3. The van der Waals surface area contributed by atoms with E-state index in [4.69, 9.17) is 0 Å². The largest absolute Gasteiger partial charge is 0.0642 e. The molecule has 14 rings (SSSR count). The van der Waals surface area contributed by atoms with Crippen molar-refractivity contribution in [1.82, 2.24) is 0 Å². The van der Waals surface area contributed by atoms with E-state index >= 15 is 0 Å². The van der Waals surface area contributed by atoms with Gasteiger partial charge in [0, 0.05) is 21.7 Å². The van der Waals surface area contributed by atoms with Crippen LogP contribution < -0.4 is 0 Å². The lowest BCUT2D eigenvalue weighted by Gasteiger charge is -2.30. The van der Waals surface area contributed by atoms with E-state index in [2.05, 4.69) is 262 Å². The predicted octanol–water partition coefficient (Wildman–Crippen LogP) is 22.4. The van der Waals surface area contributed by atoms with Crippen molar-refractivity contribution in [3.63, 3.8) is 0 Å². The molecule has 0 heterocycles. The second-order valence-electron chi connectivity index (χ2n) is 24.0. The molecule has 0 heteroatoms. The number of rotatable bonds is 13. The standard InChI is InChI=1S/C80H74/c1-9-77(10-2)69-29-21-17-25-61(69)65-37-33-51(47-73(65)77)55-41-56(52-34-38-66-62-26-18-22-30-70(62)78(11-3,12-4)74(66)48-52)44-59(43-55)60-45-57(53-35-39-67-63-27-19-23-31-71(63)79(13-5,14-6)75(67)49-53)42-58(46-60)54-36-40-68-64-28-20-24-32-72(64)80(15-7,16-8)76(68)50-54/h17-50H,9-16H2,1-8H3. The van der Waals surface area contributed by atoms with Crippen molar-refractivity contribution in [2.24, 2.45) is 0 Å². The summed E-state index contributed by atoms with van der Waals surface area (Å²) in [6, 6.07) is 81.4. The smallest absolute Gasteiger partial charge is 0.0210 e. The number of fused-ring (bicyclic) bond motifs is 12. The lowest BCUT2D eigenvalue weighted by atomic mass is 9.73. The molecule has 0 nitrogen and oxygen atoms in total. The molecule has 80 heavy (non-hydrogen) atoms. The Morgan fingerprint density at radius 1 is 0.175 bits per heavy atom. The Bertz CT molecular complexity index is 3590. The molecule has 0 N–H and O–H groups in total. The average Bonchev–Trinajstić information content (AvgIpc) is 4.27. The van der Waals surface area contributed by atoms with Gasteiger partial charge in [-0.25, -0.2) is 0 Å². The van der Waals surface area contributed by atoms with Crippen molar-refractivity contribution >= 4 is 0 Å². The normalized spacial score (nSPS) is 15.6. The summed E-state index contributed by atoms with van der Waals surface area (Å²) in [6.07, 6.45) is 8.48. The van der Waals surface area contributed by atoms with Crippen LogP contribution in [0.15, 0.2) is 206 Å². The maximum Gasteiger partial charge on any atom is 0.0210 e. The van der Waals surface area contributed by atoms with Crippen LogP contribution in [0, 0.1) is 0 Å². The van der Waals surface area contributed by atoms with Crippen molar-refractivity contribution in [3.05, 3.63) is 251 Å². The van der Waals surface area contributed by atoms with Crippen LogP contribution in [0.4, 0.5) is 0 Å². The highest BCUT2D eigenvalue weighted by molar-refractivity contribution is 5.93. The highest BCUT2D eigenvalue weighted by Crippen LogP contribution is 2.58. The van der Waals surface area contributed by atoms with Crippen LogP contribution in [-0.2, 0) is 21.7 Å². The van der Waals surface area contributed by atoms with Crippen LogP contribution in [0.1, 0.15) is 151 Å². The minimum absolute atomic E-state index is 0.0288. The van der Waals surface area contributed by atoms with E-state index in [9.17, 15) is 0 Å². The summed E-state index contributed by atoms with van der Waals surface area (Å²) in [5.74, 6) is 0. The third-order valence-corrected chi connectivity index (χ3v) is 21.4. The maximum absolute atomic E-state index is 2.57. The van der Waals surface area contributed by atoms with Crippen molar-refractivity contribution in [2.75, 3.05) is 0 Å². The Morgan fingerprint density at radius 3 is 0.550 bits per heavy atom. The van der Waals surface area contributed by atoms with Crippen LogP contribution in [0.25, 0.3) is 100 Å². The Hall–Kier alpha value is -7.80. The second kappa shape index (κ2) is 18.9. The summed E-state index contributed by atoms with van der Waals surface area (Å²) in [5.41, 5.74) is 35.3. The highest BCUT2D eigenvalue weighted by atomic mass is 14.5. The van der Waals surface area contributed by atoms with Gasteiger partial charge < -0.3 is 0 Å². The Morgan fingerprint density at radius 2 is 0.350 bits per heavy atom. The predicted molar refractivity (Wildman–Crippen MR) is 341 cm³/mol. The molecule has 10 aromatic carbocycles. The Kier molecular flexibility index (Phi) is 11.9. The summed E-state index contributed by atoms with van der Waals surface area (Å²) in [4.78, 5) is 0. The van der Waals surface area contributed by atoms with E-state index in [-0.39, 0.29) is 21.7 Å². The van der Waals surface area contributed by atoms with Gasteiger partial charge in [-0.15, -0.1) is 0 Å². The molecule has 0 fully saturated rings. The van der Waals surface area contributed by atoms with Gasteiger partial charge in [-0.1, -0.05) is 201 Å². The minimum atomic E-state index is -0.0288. The van der Waals surface area contributed by atoms with Crippen molar-refractivity contribution < 1.29 is 0 Å². The third-order valence-electron chi connectivity index (χ3n) is 21.4.